The number of nitrogens with one attached hydrogen (secondary N) is 4. The smallest absolute Gasteiger partial charge is 0.255 e. The monoisotopic (exact) mass is 652 g/mol. The Morgan fingerprint density at radius 3 is 1.93 bits per heavy atom. The Labute approximate surface area is 273 Å². The average Bonchev–Trinajstić information content (AvgIpc) is 2.96. The lowest BCUT2D eigenvalue weighted by molar-refractivity contribution is -0.132. The number of benzene rings is 1. The highest BCUT2D eigenvalue weighted by molar-refractivity contribution is 7.98. The number of hydrogen-bond donors (Lipinski definition) is 5. The van der Waals surface area contributed by atoms with Gasteiger partial charge < -0.3 is 35.8 Å². The minimum absolute atomic E-state index is 0.0641. The van der Waals surface area contributed by atoms with Gasteiger partial charge in [-0.05, 0) is 75.5 Å². The molecule has 0 heterocycles. The van der Waals surface area contributed by atoms with E-state index in [9.17, 15) is 24.3 Å². The Bertz CT molecular complexity index is 1100. The largest absolute Gasteiger partial charge is 0.493 e. The van der Waals surface area contributed by atoms with Crippen LogP contribution in [0.5, 0.6) is 11.5 Å². The van der Waals surface area contributed by atoms with Gasteiger partial charge >= 0.3 is 0 Å². The molecule has 45 heavy (non-hydrogen) atoms. The predicted octanol–water partition coefficient (Wildman–Crippen LogP) is 3.53. The highest BCUT2D eigenvalue weighted by Gasteiger charge is 2.31. The van der Waals surface area contributed by atoms with E-state index in [0.717, 1.165) is 0 Å². The third kappa shape index (κ3) is 13.9. The first-order valence-corrected chi connectivity index (χ1v) is 17.1. The molecule has 1 rings (SSSR count). The molecule has 0 aromatic heterocycles. The first-order valence-electron chi connectivity index (χ1n) is 15.7. The van der Waals surface area contributed by atoms with Gasteiger partial charge in [0.15, 0.2) is 11.5 Å². The number of para-hydroxylation sites is 1. The molecule has 1 aromatic rings. The van der Waals surface area contributed by atoms with Gasteiger partial charge in [-0.1, -0.05) is 40.7 Å². The number of rotatable bonds is 20. The summed E-state index contributed by atoms with van der Waals surface area (Å²) in [6.07, 6.45) is 2.26. The molecule has 0 fully saturated rings. The lowest BCUT2D eigenvalue weighted by Crippen LogP contribution is -2.54. The normalized spacial score (nSPS) is 14.7. The van der Waals surface area contributed by atoms with Crippen LogP contribution in [0.1, 0.15) is 84.5 Å². The number of ether oxygens (including phenoxy) is 2. The van der Waals surface area contributed by atoms with Gasteiger partial charge in [-0.25, -0.2) is 0 Å². The van der Waals surface area contributed by atoms with Crippen molar-refractivity contribution in [1.29, 1.82) is 0 Å². The number of carbonyl (C=O) groups excluding carboxylic acids is 4. The Morgan fingerprint density at radius 1 is 0.778 bits per heavy atom. The van der Waals surface area contributed by atoms with Crippen molar-refractivity contribution in [2.45, 2.75) is 104 Å². The molecule has 4 amide bonds. The quantitative estimate of drug-likeness (QED) is 0.143. The van der Waals surface area contributed by atoms with Crippen LogP contribution in [0.2, 0.25) is 0 Å². The summed E-state index contributed by atoms with van der Waals surface area (Å²) in [5, 5.41) is 22.8. The number of hydrogen-bond acceptors (Lipinski definition) is 8. The molecule has 256 valence electrons. The van der Waals surface area contributed by atoms with E-state index in [2.05, 4.69) is 21.3 Å². The van der Waals surface area contributed by atoms with E-state index in [4.69, 9.17) is 9.47 Å². The molecular weight excluding hydrogens is 596 g/mol. The number of carbonyl (C=O) groups is 4. The number of aliphatic hydroxyl groups excluding tert-OH is 1. The molecule has 0 saturated heterocycles. The second-order valence-electron chi connectivity index (χ2n) is 12.7. The fourth-order valence-corrected chi connectivity index (χ4v) is 5.42. The van der Waals surface area contributed by atoms with Gasteiger partial charge in [0.05, 0.1) is 31.9 Å². The minimum Gasteiger partial charge on any atom is -0.493 e. The SMILES string of the molecule is COc1cccc(C(=O)N[C@@H](CCSC)C(=O)N[C@@H](CC(C)C)[C@@H](O)C[C@@H](C)C(=O)N[C@@H](CC(C)C)C(=O)NC(C)C)c1OC. The number of aliphatic hydroxyl groups is 1. The van der Waals surface area contributed by atoms with Crippen molar-refractivity contribution in [2.24, 2.45) is 17.8 Å². The maximum atomic E-state index is 13.6. The van der Waals surface area contributed by atoms with Gasteiger partial charge in [0.25, 0.3) is 5.91 Å². The zero-order valence-corrected chi connectivity index (χ0v) is 29.5. The molecule has 0 radical (unpaired) electrons. The van der Waals surface area contributed by atoms with Crippen LogP contribution in [0, 0.1) is 17.8 Å². The van der Waals surface area contributed by atoms with E-state index in [0.29, 0.717) is 30.8 Å². The highest BCUT2D eigenvalue weighted by atomic mass is 32.2. The summed E-state index contributed by atoms with van der Waals surface area (Å²) in [5.41, 5.74) is 0.232. The van der Waals surface area contributed by atoms with Gasteiger partial charge in [0.1, 0.15) is 12.1 Å². The lowest BCUT2D eigenvalue weighted by Gasteiger charge is -2.30. The standard InChI is InChI=1S/C33H56N4O7S/c1-19(2)16-25(27(38)18-22(7)30(39)37-26(17-20(3)4)33(42)34-21(5)6)36-32(41)24(14-15-45-10)35-31(40)23-12-11-13-28(43-8)29(23)44-9/h11-13,19-22,24-27,38H,14-18H2,1-10H3,(H,34,42)(H,35,40)(H,36,41)(H,37,39)/t22-,24+,25+,26+,27+/m1/s1. The van der Waals surface area contributed by atoms with E-state index in [1.165, 1.54) is 14.2 Å². The van der Waals surface area contributed by atoms with E-state index >= 15 is 0 Å². The van der Waals surface area contributed by atoms with E-state index in [1.54, 1.807) is 36.9 Å². The van der Waals surface area contributed by atoms with Gasteiger partial charge in [0.2, 0.25) is 17.7 Å². The van der Waals surface area contributed by atoms with E-state index in [-0.39, 0.29) is 47.4 Å². The summed E-state index contributed by atoms with van der Waals surface area (Å²) in [5.74, 6) is -0.540. The van der Waals surface area contributed by atoms with Crippen LogP contribution in [-0.4, -0.2) is 85.2 Å². The third-order valence-electron chi connectivity index (χ3n) is 7.21. The fraction of sp³-hybridized carbons (Fsp3) is 0.697. The van der Waals surface area contributed by atoms with Crippen molar-refractivity contribution in [2.75, 3.05) is 26.2 Å². The van der Waals surface area contributed by atoms with Crippen molar-refractivity contribution in [1.82, 2.24) is 21.3 Å². The van der Waals surface area contributed by atoms with Crippen LogP contribution in [0.3, 0.4) is 0 Å². The Hall–Kier alpha value is -2.99. The fourth-order valence-electron chi connectivity index (χ4n) is 4.95. The molecule has 5 N–H and O–H groups in total. The summed E-state index contributed by atoms with van der Waals surface area (Å²) >= 11 is 1.55. The van der Waals surface area contributed by atoms with Gasteiger partial charge in [-0.2, -0.15) is 11.8 Å². The van der Waals surface area contributed by atoms with Crippen LogP contribution >= 0.6 is 11.8 Å². The minimum atomic E-state index is -1.04. The molecule has 0 unspecified atom stereocenters. The second kappa shape index (κ2) is 20.2. The molecule has 5 atom stereocenters. The zero-order valence-electron chi connectivity index (χ0n) is 28.7. The maximum absolute atomic E-state index is 13.6. The lowest BCUT2D eigenvalue weighted by atomic mass is 9.91. The second-order valence-corrected chi connectivity index (χ2v) is 13.6. The molecule has 0 spiro atoms. The molecule has 11 nitrogen and oxygen atoms in total. The average molecular weight is 653 g/mol. The van der Waals surface area contributed by atoms with Crippen molar-refractivity contribution in [3.8, 4) is 11.5 Å². The third-order valence-corrected chi connectivity index (χ3v) is 7.86. The van der Waals surface area contributed by atoms with Crippen molar-refractivity contribution >= 4 is 35.4 Å². The molecule has 0 aliphatic rings. The summed E-state index contributed by atoms with van der Waals surface area (Å²) in [4.78, 5) is 52.8. The van der Waals surface area contributed by atoms with Gasteiger partial charge in [0, 0.05) is 12.0 Å². The van der Waals surface area contributed by atoms with Crippen LogP contribution in [0.25, 0.3) is 0 Å². The number of amides is 4. The van der Waals surface area contributed by atoms with Crippen molar-refractivity contribution in [3.63, 3.8) is 0 Å². The van der Waals surface area contributed by atoms with E-state index < -0.39 is 42.0 Å². The van der Waals surface area contributed by atoms with Crippen molar-refractivity contribution in [3.05, 3.63) is 23.8 Å². The van der Waals surface area contributed by atoms with Crippen LogP contribution < -0.4 is 30.7 Å². The Morgan fingerprint density at radius 2 is 1.40 bits per heavy atom. The first kappa shape index (κ1) is 40.0. The summed E-state index contributed by atoms with van der Waals surface area (Å²) < 4.78 is 10.7. The van der Waals surface area contributed by atoms with Crippen LogP contribution in [0.15, 0.2) is 18.2 Å². The Kier molecular flexibility index (Phi) is 18.0. The number of methoxy groups -OCH3 is 2. The predicted molar refractivity (Wildman–Crippen MR) is 180 cm³/mol. The summed E-state index contributed by atoms with van der Waals surface area (Å²) in [6, 6.07) is 2.65. The number of thioether (sulfide) groups is 1. The van der Waals surface area contributed by atoms with E-state index in [1.807, 2.05) is 47.8 Å². The highest BCUT2D eigenvalue weighted by Crippen LogP contribution is 2.30. The van der Waals surface area contributed by atoms with Crippen LogP contribution in [-0.2, 0) is 14.4 Å². The zero-order chi connectivity index (χ0) is 34.3. The molecule has 0 saturated carbocycles. The molecule has 0 aliphatic heterocycles. The van der Waals surface area contributed by atoms with Crippen molar-refractivity contribution < 1.29 is 33.8 Å². The topological polar surface area (TPSA) is 155 Å². The molecule has 0 aliphatic carbocycles. The molecule has 0 bridgehead atoms. The Balaban J connectivity index is 3.08. The molecular formula is C33H56N4O7S. The first-order chi connectivity index (χ1) is 21.1. The summed E-state index contributed by atoms with van der Waals surface area (Å²) in [6.45, 7) is 13.3. The molecule has 12 heteroatoms. The summed E-state index contributed by atoms with van der Waals surface area (Å²) in [7, 11) is 2.92. The van der Waals surface area contributed by atoms with Gasteiger partial charge in [-0.15, -0.1) is 0 Å². The van der Waals surface area contributed by atoms with Crippen LogP contribution in [0.4, 0.5) is 0 Å². The molecule has 1 aromatic carbocycles. The maximum Gasteiger partial charge on any atom is 0.255 e. The van der Waals surface area contributed by atoms with Gasteiger partial charge in [-0.3, -0.25) is 19.2 Å².